The molecule has 2 amide bonds. The first-order valence-electron chi connectivity index (χ1n) is 8.87. The van der Waals surface area contributed by atoms with Crippen molar-refractivity contribution in [3.8, 4) is 0 Å². The van der Waals surface area contributed by atoms with Crippen LogP contribution in [0.25, 0.3) is 0 Å². The Hall–Kier alpha value is -1.88. The number of sulfonamides is 1. The Kier molecular flexibility index (Phi) is 7.64. The first-order valence-corrected chi connectivity index (χ1v) is 10.3. The van der Waals surface area contributed by atoms with Gasteiger partial charge in [-0.25, -0.2) is 13.2 Å². The van der Waals surface area contributed by atoms with Crippen molar-refractivity contribution in [3.05, 3.63) is 24.3 Å². The third-order valence-corrected chi connectivity index (χ3v) is 6.73. The summed E-state index contributed by atoms with van der Waals surface area (Å²) in [6.07, 6.45) is 0.896. The number of benzene rings is 1. The van der Waals surface area contributed by atoms with Gasteiger partial charge in [-0.15, -0.1) is 12.4 Å². The van der Waals surface area contributed by atoms with E-state index in [0.717, 1.165) is 13.0 Å². The standard InChI is InChI=1S/C17H24N4O5S.ClH/c1-26-17(23)19-13-4-6-15(7-5-13)27(24,25)20-9-2-3-14(12-20)21-10-8-18-11-16(21)22;/h4-7,14,18H,2-3,8-12H2,1H3,(H,19,23);1H. The molecule has 156 valence electrons. The Morgan fingerprint density at radius 1 is 1.25 bits per heavy atom. The number of rotatable bonds is 4. The van der Waals surface area contributed by atoms with Gasteiger partial charge in [0, 0.05) is 37.9 Å². The summed E-state index contributed by atoms with van der Waals surface area (Å²) in [5, 5.41) is 5.52. The minimum absolute atomic E-state index is 0. The molecule has 9 nitrogen and oxygen atoms in total. The Bertz CT molecular complexity index is 802. The summed E-state index contributed by atoms with van der Waals surface area (Å²) in [5.41, 5.74) is 0.448. The van der Waals surface area contributed by atoms with E-state index in [1.54, 1.807) is 4.90 Å². The molecule has 0 aromatic heterocycles. The molecule has 2 fully saturated rings. The Labute approximate surface area is 170 Å². The van der Waals surface area contributed by atoms with Crippen molar-refractivity contribution in [2.75, 3.05) is 45.2 Å². The van der Waals surface area contributed by atoms with Gasteiger partial charge in [-0.1, -0.05) is 0 Å². The third-order valence-electron chi connectivity index (χ3n) is 4.85. The average molecular weight is 433 g/mol. The van der Waals surface area contributed by atoms with Crippen molar-refractivity contribution in [3.63, 3.8) is 0 Å². The SMILES string of the molecule is COC(=O)Nc1ccc(S(=O)(=O)N2CCCC(N3CCNCC3=O)C2)cc1.Cl. The van der Waals surface area contributed by atoms with Crippen LogP contribution in [0.1, 0.15) is 12.8 Å². The van der Waals surface area contributed by atoms with E-state index in [2.05, 4.69) is 15.4 Å². The molecule has 28 heavy (non-hydrogen) atoms. The summed E-state index contributed by atoms with van der Waals surface area (Å²) in [4.78, 5) is 25.3. The molecule has 1 aromatic rings. The Morgan fingerprint density at radius 3 is 2.61 bits per heavy atom. The van der Waals surface area contributed by atoms with Crippen molar-refractivity contribution >= 4 is 40.1 Å². The lowest BCUT2D eigenvalue weighted by Gasteiger charge is -2.40. The number of piperidine rings is 1. The highest BCUT2D eigenvalue weighted by Crippen LogP contribution is 2.24. The molecule has 3 rings (SSSR count). The van der Waals surface area contributed by atoms with Gasteiger partial charge in [0.15, 0.2) is 0 Å². The van der Waals surface area contributed by atoms with Crippen LogP contribution >= 0.6 is 12.4 Å². The molecule has 1 atom stereocenters. The van der Waals surface area contributed by atoms with Gasteiger partial charge in [0.1, 0.15) is 0 Å². The number of hydrogen-bond acceptors (Lipinski definition) is 6. The lowest BCUT2D eigenvalue weighted by molar-refractivity contribution is -0.135. The van der Waals surface area contributed by atoms with Crippen LogP contribution in [-0.2, 0) is 19.6 Å². The van der Waals surface area contributed by atoms with Crippen molar-refractivity contribution in [2.45, 2.75) is 23.8 Å². The largest absolute Gasteiger partial charge is 0.453 e. The molecule has 1 aromatic carbocycles. The number of anilines is 1. The quantitative estimate of drug-likeness (QED) is 0.731. The molecule has 0 bridgehead atoms. The second-order valence-electron chi connectivity index (χ2n) is 6.56. The summed E-state index contributed by atoms with van der Waals surface area (Å²) in [5.74, 6) is 0.0173. The van der Waals surface area contributed by atoms with Crippen LogP contribution in [-0.4, -0.2) is 75.5 Å². The van der Waals surface area contributed by atoms with Crippen molar-refractivity contribution in [2.24, 2.45) is 0 Å². The second-order valence-corrected chi connectivity index (χ2v) is 8.50. The molecule has 11 heteroatoms. The normalized spacial score (nSPS) is 21.0. The highest BCUT2D eigenvalue weighted by atomic mass is 35.5. The zero-order valence-corrected chi connectivity index (χ0v) is 17.2. The zero-order valence-electron chi connectivity index (χ0n) is 15.6. The molecule has 2 aliphatic rings. The predicted molar refractivity (Wildman–Crippen MR) is 106 cm³/mol. The summed E-state index contributed by atoms with van der Waals surface area (Å²) in [6.45, 7) is 2.37. The number of carbonyl (C=O) groups is 2. The monoisotopic (exact) mass is 432 g/mol. The Balaban J connectivity index is 0.00000280. The zero-order chi connectivity index (χ0) is 19.4. The fourth-order valence-corrected chi connectivity index (χ4v) is 4.95. The first-order chi connectivity index (χ1) is 12.9. The van der Waals surface area contributed by atoms with Crippen molar-refractivity contribution in [1.29, 1.82) is 0 Å². The van der Waals surface area contributed by atoms with E-state index in [1.165, 1.54) is 35.7 Å². The van der Waals surface area contributed by atoms with Gasteiger partial charge in [0.25, 0.3) is 0 Å². The number of nitrogens with zero attached hydrogens (tertiary/aromatic N) is 2. The van der Waals surface area contributed by atoms with Gasteiger partial charge in [-0.2, -0.15) is 4.31 Å². The molecule has 0 radical (unpaired) electrons. The number of halogens is 1. The van der Waals surface area contributed by atoms with Gasteiger partial charge in [0.2, 0.25) is 15.9 Å². The van der Waals surface area contributed by atoms with Gasteiger partial charge < -0.3 is 15.0 Å². The van der Waals surface area contributed by atoms with E-state index in [4.69, 9.17) is 0 Å². The Morgan fingerprint density at radius 2 is 1.96 bits per heavy atom. The molecule has 2 heterocycles. The molecule has 1 unspecified atom stereocenters. The van der Waals surface area contributed by atoms with Crippen molar-refractivity contribution < 1.29 is 22.7 Å². The molecule has 0 spiro atoms. The van der Waals surface area contributed by atoms with E-state index in [9.17, 15) is 18.0 Å². The molecule has 2 N–H and O–H groups in total. The second kappa shape index (κ2) is 9.55. The maximum absolute atomic E-state index is 13.0. The third kappa shape index (κ3) is 4.93. The lowest BCUT2D eigenvalue weighted by Crippen LogP contribution is -2.57. The molecule has 0 aliphatic carbocycles. The lowest BCUT2D eigenvalue weighted by atomic mass is 10.1. The smallest absolute Gasteiger partial charge is 0.411 e. The first kappa shape index (κ1) is 22.4. The van der Waals surface area contributed by atoms with Crippen LogP contribution in [0, 0.1) is 0 Å². The minimum Gasteiger partial charge on any atom is -0.453 e. The van der Waals surface area contributed by atoms with Crippen LogP contribution in [0.3, 0.4) is 0 Å². The highest BCUT2D eigenvalue weighted by Gasteiger charge is 2.35. The summed E-state index contributed by atoms with van der Waals surface area (Å²) < 4.78 is 31.9. The van der Waals surface area contributed by atoms with Crippen LogP contribution in [0.2, 0.25) is 0 Å². The number of methoxy groups -OCH3 is 1. The molecular weight excluding hydrogens is 408 g/mol. The maximum atomic E-state index is 13.0. The van der Waals surface area contributed by atoms with Gasteiger partial charge in [-0.3, -0.25) is 10.1 Å². The number of hydrogen-bond donors (Lipinski definition) is 2. The molecule has 2 saturated heterocycles. The van der Waals surface area contributed by atoms with Gasteiger partial charge in [0.05, 0.1) is 18.6 Å². The maximum Gasteiger partial charge on any atom is 0.411 e. The number of carbonyl (C=O) groups excluding carboxylic acids is 2. The van der Waals surface area contributed by atoms with Gasteiger partial charge >= 0.3 is 6.09 Å². The van der Waals surface area contributed by atoms with E-state index in [0.29, 0.717) is 38.3 Å². The number of ether oxygens (including phenoxy) is 1. The van der Waals surface area contributed by atoms with E-state index >= 15 is 0 Å². The van der Waals surface area contributed by atoms with Crippen LogP contribution < -0.4 is 10.6 Å². The number of amides is 2. The summed E-state index contributed by atoms with van der Waals surface area (Å²) in [6, 6.07) is 5.86. The fraction of sp³-hybridized carbons (Fsp3) is 0.529. The van der Waals surface area contributed by atoms with E-state index in [-0.39, 0.29) is 29.3 Å². The molecule has 2 aliphatic heterocycles. The predicted octanol–water partition coefficient (Wildman–Crippen LogP) is 0.872. The van der Waals surface area contributed by atoms with E-state index in [1.807, 2.05) is 0 Å². The fourth-order valence-electron chi connectivity index (χ4n) is 3.43. The highest BCUT2D eigenvalue weighted by molar-refractivity contribution is 7.89. The van der Waals surface area contributed by atoms with Crippen LogP contribution in [0.5, 0.6) is 0 Å². The van der Waals surface area contributed by atoms with Crippen LogP contribution in [0.15, 0.2) is 29.2 Å². The molecule has 0 saturated carbocycles. The summed E-state index contributed by atoms with van der Waals surface area (Å²) in [7, 11) is -2.41. The van der Waals surface area contributed by atoms with Gasteiger partial charge in [-0.05, 0) is 37.1 Å². The average Bonchev–Trinajstić information content (AvgIpc) is 2.69. The number of piperazine rings is 1. The summed E-state index contributed by atoms with van der Waals surface area (Å²) >= 11 is 0. The minimum atomic E-state index is -3.67. The van der Waals surface area contributed by atoms with Crippen molar-refractivity contribution in [1.82, 2.24) is 14.5 Å². The number of nitrogens with one attached hydrogen (secondary N) is 2. The topological polar surface area (TPSA) is 108 Å². The molecular formula is C17H25ClN4O5S. The van der Waals surface area contributed by atoms with Crippen LogP contribution in [0.4, 0.5) is 10.5 Å². The van der Waals surface area contributed by atoms with E-state index < -0.39 is 16.1 Å².